The molecule has 2 aliphatic rings. The van der Waals surface area contributed by atoms with Gasteiger partial charge in [-0.3, -0.25) is 28.7 Å². The van der Waals surface area contributed by atoms with Crippen molar-refractivity contribution in [2.75, 3.05) is 13.7 Å². The molecule has 1 saturated heterocycles. The molecule has 4 aromatic heterocycles. The third-order valence-corrected chi connectivity index (χ3v) is 15.4. The Kier molecular flexibility index (Phi) is 12.8. The number of nitrogens with zero attached hydrogens (tertiary/aromatic N) is 6. The Morgan fingerprint density at radius 1 is 0.908 bits per heavy atom. The standard InChI is InChI=1S/C48H52N8O6S3/c1-24-27(4)64-47-39(24)40(51-34(21-38(58)62-9)43-54-53-28(5)56(43)47)31-14-12-30(13-15-31)36-18-19-37(65-36)45(60)52-42(48(6,7)8)46(61)55-22-33(57)20-35(55)44(59)50-25(2)29-10-16-32(17-11-29)41-26(3)49-23-63-41/h10-19,23,25,33-35,42,57H,20-22H2,1-9H3,(H,50,59)(H,52,60)/t25?,33-,34+,35+,42?/m1/s1. The highest BCUT2D eigenvalue weighted by Crippen LogP contribution is 2.40. The number of rotatable bonds is 11. The summed E-state index contributed by atoms with van der Waals surface area (Å²) in [4.78, 5) is 69.2. The minimum absolute atomic E-state index is 0.00490. The van der Waals surface area contributed by atoms with Gasteiger partial charge in [-0.15, -0.1) is 44.2 Å². The number of hydrogen-bond donors (Lipinski definition) is 3. The van der Waals surface area contributed by atoms with E-state index in [1.54, 1.807) is 28.7 Å². The number of aliphatic hydroxyl groups is 1. The summed E-state index contributed by atoms with van der Waals surface area (Å²) in [7, 11) is 1.36. The Morgan fingerprint density at radius 2 is 1.60 bits per heavy atom. The van der Waals surface area contributed by atoms with Crippen LogP contribution in [-0.2, 0) is 19.1 Å². The number of β-amino-alcohol motifs (C(OH)–C–C–N with tert-alkyl or cyclic N) is 1. The number of nitrogens with one attached hydrogen (secondary N) is 2. The van der Waals surface area contributed by atoms with Crippen LogP contribution in [0.2, 0.25) is 0 Å². The van der Waals surface area contributed by atoms with E-state index < -0.39 is 47.4 Å². The van der Waals surface area contributed by atoms with Crippen LogP contribution in [0.4, 0.5) is 0 Å². The van der Waals surface area contributed by atoms with Crippen molar-refractivity contribution in [1.29, 1.82) is 0 Å². The second-order valence-corrected chi connectivity index (χ2v) is 20.8. The number of fused-ring (bicyclic) bond motifs is 3. The van der Waals surface area contributed by atoms with E-state index in [4.69, 9.17) is 9.73 Å². The first-order valence-corrected chi connectivity index (χ1v) is 23.9. The Bertz CT molecular complexity index is 2810. The van der Waals surface area contributed by atoms with E-state index in [-0.39, 0.29) is 31.3 Å². The van der Waals surface area contributed by atoms with Gasteiger partial charge in [0.25, 0.3) is 5.91 Å². The number of hydrogen-bond acceptors (Lipinski definition) is 13. The van der Waals surface area contributed by atoms with Crippen molar-refractivity contribution in [2.45, 2.75) is 98.5 Å². The number of likely N-dealkylation sites (tertiary alicyclic amines) is 1. The summed E-state index contributed by atoms with van der Waals surface area (Å²) in [5.74, 6) is -0.340. The van der Waals surface area contributed by atoms with E-state index in [9.17, 15) is 24.3 Å². The molecule has 2 aliphatic heterocycles. The molecule has 17 heteroatoms. The van der Waals surface area contributed by atoms with E-state index in [0.717, 1.165) is 64.4 Å². The SMILES string of the molecule is COC(=O)C[C@@H]1N=C(c2ccc(-c3ccc(C(=O)NC(C(=O)N4C[C@H](O)C[C@H]4C(=O)NC(C)c4ccc(-c5scnc5C)cc4)C(C)(C)C)s3)cc2)c2c(sc(C)c2C)-n2c(C)nnc21. The predicted molar refractivity (Wildman–Crippen MR) is 254 cm³/mol. The third kappa shape index (κ3) is 9.06. The fourth-order valence-corrected chi connectivity index (χ4v) is 11.3. The van der Waals surface area contributed by atoms with Crippen LogP contribution in [0.5, 0.6) is 0 Å². The zero-order valence-corrected chi connectivity index (χ0v) is 40.2. The summed E-state index contributed by atoms with van der Waals surface area (Å²) in [5.41, 5.74) is 8.52. The lowest BCUT2D eigenvalue weighted by molar-refractivity contribution is -0.142. The zero-order valence-electron chi connectivity index (χ0n) is 37.8. The van der Waals surface area contributed by atoms with Crippen molar-refractivity contribution in [3.05, 3.63) is 116 Å². The van der Waals surface area contributed by atoms with E-state index >= 15 is 0 Å². The number of aromatic nitrogens is 4. The number of aryl methyl sites for hydroxylation is 3. The molecule has 0 spiro atoms. The highest BCUT2D eigenvalue weighted by Gasteiger charge is 2.45. The Hall–Kier alpha value is -5.88. The maximum Gasteiger partial charge on any atom is 0.308 e. The van der Waals surface area contributed by atoms with E-state index in [2.05, 4.69) is 39.7 Å². The first-order chi connectivity index (χ1) is 30.9. The molecule has 0 aliphatic carbocycles. The van der Waals surface area contributed by atoms with E-state index in [1.807, 2.05) is 106 Å². The lowest BCUT2D eigenvalue weighted by Crippen LogP contribution is -2.57. The molecule has 2 unspecified atom stereocenters. The van der Waals surface area contributed by atoms with Gasteiger partial charge in [-0.25, -0.2) is 4.98 Å². The number of amides is 3. The number of carbonyl (C=O) groups excluding carboxylic acids is 4. The smallest absolute Gasteiger partial charge is 0.308 e. The summed E-state index contributed by atoms with van der Waals surface area (Å²) in [6.45, 7) is 15.5. The highest BCUT2D eigenvalue weighted by atomic mass is 32.1. The monoisotopic (exact) mass is 932 g/mol. The van der Waals surface area contributed by atoms with Gasteiger partial charge >= 0.3 is 5.97 Å². The van der Waals surface area contributed by atoms with Gasteiger partial charge < -0.3 is 25.4 Å². The second-order valence-electron chi connectivity index (χ2n) is 17.7. The average molecular weight is 933 g/mol. The lowest BCUT2D eigenvalue weighted by Gasteiger charge is -2.35. The molecule has 2 aromatic carbocycles. The van der Waals surface area contributed by atoms with E-state index in [1.165, 1.54) is 23.3 Å². The topological polar surface area (TPSA) is 181 Å². The number of aliphatic hydroxyl groups excluding tert-OH is 1. The van der Waals surface area contributed by atoms with Crippen molar-refractivity contribution < 1.29 is 29.0 Å². The molecule has 14 nitrogen and oxygen atoms in total. The lowest BCUT2D eigenvalue weighted by atomic mass is 9.85. The van der Waals surface area contributed by atoms with Crippen molar-refractivity contribution >= 4 is 63.4 Å². The fraction of sp³-hybridized carbons (Fsp3) is 0.375. The molecule has 6 heterocycles. The fourth-order valence-electron chi connectivity index (χ4n) is 8.39. The first kappa shape index (κ1) is 45.7. The van der Waals surface area contributed by atoms with Crippen molar-refractivity contribution in [1.82, 2.24) is 35.3 Å². The largest absolute Gasteiger partial charge is 0.469 e. The molecule has 1 fully saturated rings. The summed E-state index contributed by atoms with van der Waals surface area (Å²) >= 11 is 4.51. The molecule has 0 radical (unpaired) electrons. The van der Waals surface area contributed by atoms with Gasteiger partial charge in [0.2, 0.25) is 11.8 Å². The maximum atomic E-state index is 14.4. The van der Waals surface area contributed by atoms with Crippen molar-refractivity contribution in [3.63, 3.8) is 0 Å². The summed E-state index contributed by atoms with van der Waals surface area (Å²) < 4.78 is 7.03. The predicted octanol–water partition coefficient (Wildman–Crippen LogP) is 7.85. The number of methoxy groups -OCH3 is 1. The number of ether oxygens (including phenoxy) is 1. The van der Waals surface area contributed by atoms with Crippen LogP contribution in [0.1, 0.15) is 107 Å². The van der Waals surface area contributed by atoms with Crippen LogP contribution >= 0.6 is 34.0 Å². The minimum atomic E-state index is -0.991. The van der Waals surface area contributed by atoms with Gasteiger partial charge in [0.05, 0.1) is 52.3 Å². The molecular weight excluding hydrogens is 881 g/mol. The molecular formula is C48H52N8O6S3. The van der Waals surface area contributed by atoms with Crippen LogP contribution in [0.15, 0.2) is 71.2 Å². The quantitative estimate of drug-likeness (QED) is 0.109. The van der Waals surface area contributed by atoms with Crippen molar-refractivity contribution in [2.24, 2.45) is 10.4 Å². The van der Waals surface area contributed by atoms with Gasteiger partial charge in [-0.2, -0.15) is 0 Å². The summed E-state index contributed by atoms with van der Waals surface area (Å²) in [5, 5.41) is 26.5. The first-order valence-electron chi connectivity index (χ1n) is 21.4. The Labute approximate surface area is 389 Å². The summed E-state index contributed by atoms with van der Waals surface area (Å²) in [6.07, 6.45) is -0.801. The molecule has 8 rings (SSSR count). The number of aliphatic imine (C=N–C) groups is 1. The maximum absolute atomic E-state index is 14.4. The van der Waals surface area contributed by atoms with Crippen LogP contribution in [-0.4, -0.2) is 91.0 Å². The van der Waals surface area contributed by atoms with Crippen molar-refractivity contribution in [3.8, 4) is 25.9 Å². The second kappa shape index (κ2) is 18.2. The number of thiophene rings is 2. The summed E-state index contributed by atoms with van der Waals surface area (Å²) in [6, 6.07) is 16.6. The molecule has 65 heavy (non-hydrogen) atoms. The molecule has 3 amide bonds. The number of esters is 1. The van der Waals surface area contributed by atoms with Gasteiger partial charge in [-0.05, 0) is 74.4 Å². The van der Waals surface area contributed by atoms with Gasteiger partial charge in [-0.1, -0.05) is 69.3 Å². The van der Waals surface area contributed by atoms with Crippen LogP contribution in [0.3, 0.4) is 0 Å². The van der Waals surface area contributed by atoms with Crippen LogP contribution in [0, 0.1) is 33.1 Å². The minimum Gasteiger partial charge on any atom is -0.469 e. The number of carbonyl (C=O) groups is 4. The molecule has 3 N–H and O–H groups in total. The normalized spacial score (nSPS) is 18.0. The number of thiazole rings is 1. The molecule has 338 valence electrons. The van der Waals surface area contributed by atoms with E-state index in [0.29, 0.717) is 16.5 Å². The molecule has 0 saturated carbocycles. The van der Waals surface area contributed by atoms with Gasteiger partial charge in [0, 0.05) is 33.8 Å². The van der Waals surface area contributed by atoms with Crippen LogP contribution in [0.25, 0.3) is 25.9 Å². The highest BCUT2D eigenvalue weighted by molar-refractivity contribution is 7.17. The third-order valence-electron chi connectivity index (χ3n) is 12.1. The Morgan fingerprint density at radius 3 is 2.26 bits per heavy atom. The zero-order chi connectivity index (χ0) is 46.5. The Balaban J connectivity index is 0.978. The van der Waals surface area contributed by atoms with Crippen LogP contribution < -0.4 is 10.6 Å². The number of benzene rings is 2. The molecule has 0 bridgehead atoms. The molecule has 5 atom stereocenters. The van der Waals surface area contributed by atoms with Gasteiger partial charge in [0.1, 0.15) is 29.0 Å². The van der Waals surface area contributed by atoms with Gasteiger partial charge in [0.15, 0.2) is 5.82 Å². The molecule has 6 aromatic rings. The average Bonchev–Trinajstić information content (AvgIpc) is 4.12.